The average Bonchev–Trinajstić information content (AvgIpc) is 3.35. The van der Waals surface area contributed by atoms with Gasteiger partial charge in [0, 0.05) is 12.6 Å². The van der Waals surface area contributed by atoms with Crippen molar-refractivity contribution in [1.82, 2.24) is 4.90 Å². The minimum Gasteiger partial charge on any atom is -0.481 e. The fraction of sp³-hybridized carbons (Fsp3) is 0.882. The summed E-state index contributed by atoms with van der Waals surface area (Å²) in [6, 6.07) is 0.221. The molecule has 5 nitrogen and oxygen atoms in total. The van der Waals surface area contributed by atoms with Gasteiger partial charge in [0.2, 0.25) is 0 Å². The van der Waals surface area contributed by atoms with Crippen molar-refractivity contribution >= 4 is 11.9 Å². The molecule has 2 rings (SSSR count). The third kappa shape index (κ3) is 4.70. The molecule has 0 saturated heterocycles. The van der Waals surface area contributed by atoms with Gasteiger partial charge in [0.05, 0.1) is 12.0 Å². The van der Waals surface area contributed by atoms with Gasteiger partial charge >= 0.3 is 5.97 Å². The van der Waals surface area contributed by atoms with E-state index in [1.807, 2.05) is 6.92 Å². The largest absolute Gasteiger partial charge is 0.481 e. The summed E-state index contributed by atoms with van der Waals surface area (Å²) < 4.78 is 6.06. The van der Waals surface area contributed by atoms with Gasteiger partial charge in [-0.05, 0) is 32.1 Å². The first kappa shape index (κ1) is 17.3. The molecule has 2 saturated carbocycles. The molecule has 0 aliphatic heterocycles. The van der Waals surface area contributed by atoms with Crippen molar-refractivity contribution in [3.05, 3.63) is 0 Å². The van der Waals surface area contributed by atoms with Gasteiger partial charge in [-0.2, -0.15) is 0 Å². The van der Waals surface area contributed by atoms with Crippen LogP contribution in [0, 0.1) is 5.92 Å². The van der Waals surface area contributed by atoms with Crippen LogP contribution in [-0.2, 0) is 14.3 Å². The SMILES string of the molecule is CCC(OC1CCCCC1)C(=O)N(CC(C)C(=O)O)C1CC1. The number of amides is 1. The van der Waals surface area contributed by atoms with E-state index in [0.717, 1.165) is 25.7 Å². The molecular formula is C17H29NO4. The van der Waals surface area contributed by atoms with Gasteiger partial charge in [-0.25, -0.2) is 0 Å². The Morgan fingerprint density at radius 3 is 2.32 bits per heavy atom. The molecule has 1 N–H and O–H groups in total. The minimum atomic E-state index is -0.848. The number of carbonyl (C=O) groups is 2. The molecule has 0 spiro atoms. The standard InChI is InChI=1S/C17H29NO4/c1-3-15(22-14-7-5-4-6-8-14)16(19)18(13-9-10-13)11-12(2)17(20)21/h12-15H,3-11H2,1-2H3,(H,20,21). The van der Waals surface area contributed by atoms with E-state index in [1.54, 1.807) is 11.8 Å². The molecule has 2 aliphatic rings. The summed E-state index contributed by atoms with van der Waals surface area (Å²) in [4.78, 5) is 25.6. The lowest BCUT2D eigenvalue weighted by atomic mass is 9.97. The molecule has 0 aromatic rings. The first-order valence-corrected chi connectivity index (χ1v) is 8.71. The van der Waals surface area contributed by atoms with Gasteiger partial charge in [-0.3, -0.25) is 9.59 Å². The van der Waals surface area contributed by atoms with E-state index in [9.17, 15) is 9.59 Å². The Kier molecular flexibility index (Phi) is 6.24. The zero-order valence-corrected chi connectivity index (χ0v) is 13.8. The molecule has 0 heterocycles. The van der Waals surface area contributed by atoms with Crippen molar-refractivity contribution in [2.75, 3.05) is 6.54 Å². The second kappa shape index (κ2) is 7.95. The summed E-state index contributed by atoms with van der Waals surface area (Å²) in [5.74, 6) is -1.39. The molecule has 22 heavy (non-hydrogen) atoms. The second-order valence-corrected chi connectivity index (χ2v) is 6.75. The van der Waals surface area contributed by atoms with Gasteiger partial charge < -0.3 is 14.7 Å². The molecule has 0 aromatic carbocycles. The number of aliphatic carboxylic acids is 1. The molecule has 2 atom stereocenters. The quantitative estimate of drug-likeness (QED) is 0.748. The Hall–Kier alpha value is -1.10. The summed E-state index contributed by atoms with van der Waals surface area (Å²) in [7, 11) is 0. The Balaban J connectivity index is 1.95. The van der Waals surface area contributed by atoms with E-state index >= 15 is 0 Å². The first-order chi connectivity index (χ1) is 10.5. The number of hydrogen-bond donors (Lipinski definition) is 1. The third-order valence-corrected chi connectivity index (χ3v) is 4.72. The highest BCUT2D eigenvalue weighted by molar-refractivity contribution is 5.82. The van der Waals surface area contributed by atoms with Crippen LogP contribution in [-0.4, -0.2) is 46.7 Å². The Morgan fingerprint density at radius 1 is 1.18 bits per heavy atom. The second-order valence-electron chi connectivity index (χ2n) is 6.75. The van der Waals surface area contributed by atoms with E-state index in [0.29, 0.717) is 13.0 Å². The Morgan fingerprint density at radius 2 is 1.82 bits per heavy atom. The average molecular weight is 311 g/mol. The van der Waals surface area contributed by atoms with Crippen molar-refractivity contribution in [2.45, 2.75) is 83.5 Å². The lowest BCUT2D eigenvalue weighted by Crippen LogP contribution is -2.46. The fourth-order valence-electron chi connectivity index (χ4n) is 3.13. The van der Waals surface area contributed by atoms with Crippen LogP contribution in [0.4, 0.5) is 0 Å². The highest BCUT2D eigenvalue weighted by Gasteiger charge is 2.38. The monoisotopic (exact) mass is 311 g/mol. The first-order valence-electron chi connectivity index (χ1n) is 8.71. The number of carboxylic acids is 1. The maximum absolute atomic E-state index is 12.8. The maximum atomic E-state index is 12.8. The van der Waals surface area contributed by atoms with E-state index in [-0.39, 0.29) is 18.1 Å². The van der Waals surface area contributed by atoms with Crippen molar-refractivity contribution in [1.29, 1.82) is 0 Å². The van der Waals surface area contributed by atoms with E-state index in [1.165, 1.54) is 19.3 Å². The predicted molar refractivity (Wildman–Crippen MR) is 83.6 cm³/mol. The molecule has 5 heteroatoms. The zero-order chi connectivity index (χ0) is 16.1. The van der Waals surface area contributed by atoms with Crippen LogP contribution >= 0.6 is 0 Å². The summed E-state index contributed by atoms with van der Waals surface area (Å²) in [6.45, 7) is 3.92. The topological polar surface area (TPSA) is 66.8 Å². The molecular weight excluding hydrogens is 282 g/mol. The molecule has 2 fully saturated rings. The van der Waals surface area contributed by atoms with Crippen LogP contribution in [0.3, 0.4) is 0 Å². The number of ether oxygens (including phenoxy) is 1. The predicted octanol–water partition coefficient (Wildman–Crippen LogP) is 2.83. The van der Waals surface area contributed by atoms with E-state index in [2.05, 4.69) is 0 Å². The van der Waals surface area contributed by atoms with Crippen molar-refractivity contribution in [2.24, 2.45) is 5.92 Å². The number of hydrogen-bond acceptors (Lipinski definition) is 3. The van der Waals surface area contributed by atoms with Crippen LogP contribution in [0.1, 0.15) is 65.2 Å². The smallest absolute Gasteiger partial charge is 0.308 e. The highest BCUT2D eigenvalue weighted by Crippen LogP contribution is 2.30. The number of nitrogens with zero attached hydrogens (tertiary/aromatic N) is 1. The lowest BCUT2D eigenvalue weighted by molar-refractivity contribution is -0.152. The molecule has 0 radical (unpaired) electrons. The van der Waals surface area contributed by atoms with Crippen LogP contribution < -0.4 is 0 Å². The number of rotatable bonds is 8. The van der Waals surface area contributed by atoms with Crippen LogP contribution in [0.2, 0.25) is 0 Å². The highest BCUT2D eigenvalue weighted by atomic mass is 16.5. The van der Waals surface area contributed by atoms with Gasteiger partial charge in [0.15, 0.2) is 0 Å². The maximum Gasteiger partial charge on any atom is 0.308 e. The van der Waals surface area contributed by atoms with Crippen molar-refractivity contribution in [3.63, 3.8) is 0 Å². The summed E-state index contributed by atoms with van der Waals surface area (Å²) in [6.07, 6.45) is 8.10. The summed E-state index contributed by atoms with van der Waals surface area (Å²) in [5, 5.41) is 9.10. The fourth-order valence-corrected chi connectivity index (χ4v) is 3.13. The molecule has 0 bridgehead atoms. The van der Waals surface area contributed by atoms with Gasteiger partial charge in [0.25, 0.3) is 5.91 Å². The van der Waals surface area contributed by atoms with Gasteiger partial charge in [-0.1, -0.05) is 33.1 Å². The third-order valence-electron chi connectivity index (χ3n) is 4.72. The van der Waals surface area contributed by atoms with Gasteiger partial charge in [0.1, 0.15) is 6.10 Å². The number of carboxylic acid groups (broad SMARTS) is 1. The molecule has 1 amide bonds. The van der Waals surface area contributed by atoms with Gasteiger partial charge in [-0.15, -0.1) is 0 Å². The normalized spacial score (nSPS) is 22.1. The Bertz CT molecular complexity index is 388. The molecule has 0 aromatic heterocycles. The van der Waals surface area contributed by atoms with Crippen molar-refractivity contribution < 1.29 is 19.4 Å². The van der Waals surface area contributed by atoms with Crippen molar-refractivity contribution in [3.8, 4) is 0 Å². The van der Waals surface area contributed by atoms with E-state index in [4.69, 9.17) is 9.84 Å². The number of carbonyl (C=O) groups excluding carboxylic acids is 1. The zero-order valence-electron chi connectivity index (χ0n) is 13.8. The minimum absolute atomic E-state index is 0.0105. The summed E-state index contributed by atoms with van der Waals surface area (Å²) in [5.41, 5.74) is 0. The lowest BCUT2D eigenvalue weighted by Gasteiger charge is -2.31. The van der Waals surface area contributed by atoms with Crippen LogP contribution in [0.5, 0.6) is 0 Å². The molecule has 2 aliphatic carbocycles. The molecule has 126 valence electrons. The molecule has 2 unspecified atom stereocenters. The van der Waals surface area contributed by atoms with Crippen LogP contribution in [0.25, 0.3) is 0 Å². The van der Waals surface area contributed by atoms with E-state index < -0.39 is 18.0 Å². The Labute approximate surface area is 133 Å². The summed E-state index contributed by atoms with van der Waals surface area (Å²) >= 11 is 0. The van der Waals surface area contributed by atoms with Crippen LogP contribution in [0.15, 0.2) is 0 Å².